The maximum Gasteiger partial charge on any atom is 0.360 e. The Labute approximate surface area is 104 Å². The van der Waals surface area contributed by atoms with Crippen molar-refractivity contribution in [2.75, 3.05) is 12.3 Å². The van der Waals surface area contributed by atoms with Crippen molar-refractivity contribution in [3.05, 3.63) is 23.8 Å². The Balaban J connectivity index is 2.50. The molecule has 0 radical (unpaired) electrons. The first-order valence-corrected chi connectivity index (χ1v) is 5.64. The number of aromatic nitrogens is 3. The maximum absolute atomic E-state index is 11.7. The SMILES string of the molecule is CCOC(=O)c1nc(CC)n(-c2ccon2)c1N. The first-order valence-electron chi connectivity index (χ1n) is 5.64. The van der Waals surface area contributed by atoms with Crippen molar-refractivity contribution in [1.82, 2.24) is 14.7 Å². The van der Waals surface area contributed by atoms with Gasteiger partial charge in [0.15, 0.2) is 11.5 Å². The highest BCUT2D eigenvalue weighted by molar-refractivity contribution is 5.92. The Hall–Kier alpha value is -2.31. The number of imidazole rings is 1. The Kier molecular flexibility index (Phi) is 3.31. The second kappa shape index (κ2) is 4.91. The van der Waals surface area contributed by atoms with E-state index in [9.17, 15) is 4.79 Å². The minimum absolute atomic E-state index is 0.108. The fraction of sp³-hybridized carbons (Fsp3) is 0.364. The van der Waals surface area contributed by atoms with E-state index in [-0.39, 0.29) is 18.1 Å². The van der Waals surface area contributed by atoms with Crippen LogP contribution in [0.15, 0.2) is 16.9 Å². The summed E-state index contributed by atoms with van der Waals surface area (Å²) in [4.78, 5) is 15.9. The van der Waals surface area contributed by atoms with Gasteiger partial charge in [0.05, 0.1) is 6.61 Å². The molecule has 0 saturated heterocycles. The first kappa shape index (κ1) is 12.2. The van der Waals surface area contributed by atoms with E-state index in [2.05, 4.69) is 10.1 Å². The lowest BCUT2D eigenvalue weighted by Crippen LogP contribution is -2.09. The van der Waals surface area contributed by atoms with Gasteiger partial charge in [-0.05, 0) is 6.92 Å². The summed E-state index contributed by atoms with van der Waals surface area (Å²) in [6.45, 7) is 3.91. The highest BCUT2D eigenvalue weighted by atomic mass is 16.5. The van der Waals surface area contributed by atoms with Gasteiger partial charge in [0.2, 0.25) is 0 Å². The van der Waals surface area contributed by atoms with Crippen LogP contribution < -0.4 is 5.73 Å². The molecule has 0 fully saturated rings. The molecule has 2 aromatic rings. The zero-order chi connectivity index (χ0) is 13.1. The minimum Gasteiger partial charge on any atom is -0.461 e. The minimum atomic E-state index is -0.535. The number of hydrogen-bond acceptors (Lipinski definition) is 6. The number of rotatable bonds is 4. The van der Waals surface area contributed by atoms with Crippen LogP contribution >= 0.6 is 0 Å². The van der Waals surface area contributed by atoms with Gasteiger partial charge in [0.25, 0.3) is 0 Å². The van der Waals surface area contributed by atoms with Crippen molar-refractivity contribution in [3.8, 4) is 5.82 Å². The van der Waals surface area contributed by atoms with Crippen LogP contribution in [-0.2, 0) is 11.2 Å². The van der Waals surface area contributed by atoms with Crippen LogP contribution in [0.2, 0.25) is 0 Å². The van der Waals surface area contributed by atoms with Gasteiger partial charge in [0.1, 0.15) is 17.9 Å². The molecule has 0 amide bonds. The van der Waals surface area contributed by atoms with Crippen molar-refractivity contribution in [2.45, 2.75) is 20.3 Å². The lowest BCUT2D eigenvalue weighted by molar-refractivity contribution is 0.0521. The van der Waals surface area contributed by atoms with Gasteiger partial charge in [-0.3, -0.25) is 4.57 Å². The molecule has 2 aromatic heterocycles. The van der Waals surface area contributed by atoms with Crippen LogP contribution in [0.3, 0.4) is 0 Å². The number of esters is 1. The van der Waals surface area contributed by atoms with E-state index in [1.54, 1.807) is 17.6 Å². The molecule has 96 valence electrons. The number of hydrogen-bond donors (Lipinski definition) is 1. The highest BCUT2D eigenvalue weighted by Gasteiger charge is 2.22. The number of carbonyl (C=O) groups is 1. The Bertz CT molecular complexity index is 545. The van der Waals surface area contributed by atoms with Crippen LogP contribution in [0, 0.1) is 0 Å². The Morgan fingerprint density at radius 2 is 2.33 bits per heavy atom. The molecule has 7 nitrogen and oxygen atoms in total. The molecule has 0 bridgehead atoms. The number of nitrogens with zero attached hydrogens (tertiary/aromatic N) is 3. The van der Waals surface area contributed by atoms with Gasteiger partial charge in [0, 0.05) is 12.5 Å². The fourth-order valence-electron chi connectivity index (χ4n) is 1.65. The number of aryl methyl sites for hydroxylation is 1. The van der Waals surface area contributed by atoms with Crippen LogP contribution in [0.1, 0.15) is 30.2 Å². The second-order valence-electron chi connectivity index (χ2n) is 3.53. The van der Waals surface area contributed by atoms with E-state index in [4.69, 9.17) is 15.0 Å². The zero-order valence-corrected chi connectivity index (χ0v) is 10.2. The van der Waals surface area contributed by atoms with Gasteiger partial charge >= 0.3 is 5.97 Å². The van der Waals surface area contributed by atoms with Gasteiger partial charge in [-0.25, -0.2) is 9.78 Å². The first-order chi connectivity index (χ1) is 8.69. The summed E-state index contributed by atoms with van der Waals surface area (Å²) in [5.41, 5.74) is 6.03. The van der Waals surface area contributed by atoms with Crippen molar-refractivity contribution in [3.63, 3.8) is 0 Å². The van der Waals surface area contributed by atoms with E-state index >= 15 is 0 Å². The van der Waals surface area contributed by atoms with E-state index in [1.807, 2.05) is 6.92 Å². The summed E-state index contributed by atoms with van der Waals surface area (Å²) in [6, 6.07) is 1.64. The third-order valence-electron chi connectivity index (χ3n) is 2.42. The molecular formula is C11H14N4O3. The molecule has 18 heavy (non-hydrogen) atoms. The molecule has 7 heteroatoms. The zero-order valence-electron chi connectivity index (χ0n) is 10.2. The number of carbonyl (C=O) groups excluding carboxylic acids is 1. The van der Waals surface area contributed by atoms with Gasteiger partial charge in [-0.15, -0.1) is 0 Å². The largest absolute Gasteiger partial charge is 0.461 e. The summed E-state index contributed by atoms with van der Waals surface area (Å²) < 4.78 is 11.2. The molecule has 0 aliphatic heterocycles. The van der Waals surface area contributed by atoms with Gasteiger partial charge in [-0.2, -0.15) is 0 Å². The fourth-order valence-corrected chi connectivity index (χ4v) is 1.65. The molecule has 0 aliphatic carbocycles. The third-order valence-corrected chi connectivity index (χ3v) is 2.42. The number of anilines is 1. The predicted octanol–water partition coefficient (Wildman–Crippen LogP) is 1.18. The summed E-state index contributed by atoms with van der Waals surface area (Å²) in [6.07, 6.45) is 2.04. The summed E-state index contributed by atoms with van der Waals surface area (Å²) in [7, 11) is 0. The molecule has 2 heterocycles. The summed E-state index contributed by atoms with van der Waals surface area (Å²) >= 11 is 0. The number of nitrogen functional groups attached to an aromatic ring is 1. The molecule has 2 N–H and O–H groups in total. The number of ether oxygens (including phenoxy) is 1. The standard InChI is InChI=1S/C11H14N4O3/c1-3-7-13-9(11(16)17-4-2)10(12)15(7)8-5-6-18-14-8/h5-6H,3-4,12H2,1-2H3. The quantitative estimate of drug-likeness (QED) is 0.818. The van der Waals surface area contributed by atoms with E-state index < -0.39 is 5.97 Å². The van der Waals surface area contributed by atoms with Crippen molar-refractivity contribution in [2.24, 2.45) is 0 Å². The second-order valence-corrected chi connectivity index (χ2v) is 3.53. The molecular weight excluding hydrogens is 236 g/mol. The van der Waals surface area contributed by atoms with E-state index in [0.717, 1.165) is 0 Å². The van der Waals surface area contributed by atoms with Crippen LogP contribution in [0.5, 0.6) is 0 Å². The molecule has 0 aromatic carbocycles. The smallest absolute Gasteiger partial charge is 0.360 e. The number of nitrogens with two attached hydrogens (primary N) is 1. The van der Waals surface area contributed by atoms with Gasteiger partial charge < -0.3 is 15.0 Å². The monoisotopic (exact) mass is 250 g/mol. The normalized spacial score (nSPS) is 10.6. The average Bonchev–Trinajstić information content (AvgIpc) is 2.96. The van der Waals surface area contributed by atoms with Crippen LogP contribution in [-0.4, -0.2) is 27.3 Å². The predicted molar refractivity (Wildman–Crippen MR) is 63.4 cm³/mol. The van der Waals surface area contributed by atoms with E-state index in [1.165, 1.54) is 6.26 Å². The van der Waals surface area contributed by atoms with E-state index in [0.29, 0.717) is 18.1 Å². The molecule has 0 aliphatic rings. The Morgan fingerprint density at radius 3 is 2.89 bits per heavy atom. The topological polar surface area (TPSA) is 96.2 Å². The van der Waals surface area contributed by atoms with Crippen LogP contribution in [0.4, 0.5) is 5.82 Å². The highest BCUT2D eigenvalue weighted by Crippen LogP contribution is 2.20. The molecule has 2 rings (SSSR count). The Morgan fingerprint density at radius 1 is 1.56 bits per heavy atom. The van der Waals surface area contributed by atoms with Crippen molar-refractivity contribution >= 4 is 11.8 Å². The van der Waals surface area contributed by atoms with Crippen LogP contribution in [0.25, 0.3) is 5.82 Å². The molecule has 0 saturated carbocycles. The van der Waals surface area contributed by atoms with Crippen molar-refractivity contribution in [1.29, 1.82) is 0 Å². The average molecular weight is 250 g/mol. The summed E-state index contributed by atoms with van der Waals surface area (Å²) in [5, 5.41) is 3.79. The summed E-state index contributed by atoms with van der Waals surface area (Å²) in [5.74, 6) is 0.794. The maximum atomic E-state index is 11.7. The molecule has 0 unspecified atom stereocenters. The molecule has 0 atom stereocenters. The lowest BCUT2D eigenvalue weighted by Gasteiger charge is -2.03. The van der Waals surface area contributed by atoms with Gasteiger partial charge in [-0.1, -0.05) is 12.1 Å². The van der Waals surface area contributed by atoms with Crippen molar-refractivity contribution < 1.29 is 14.1 Å². The lowest BCUT2D eigenvalue weighted by atomic mass is 10.4. The molecule has 0 spiro atoms. The third kappa shape index (κ3) is 1.94.